The summed E-state index contributed by atoms with van der Waals surface area (Å²) in [7, 11) is 0. The molecule has 2 unspecified atom stereocenters. The molecular weight excluding hydrogens is 276 g/mol. The Balaban J connectivity index is 2.18. The molecule has 1 aromatic carbocycles. The standard InChI is InChI=1S/C15H21ClN2O2/c1-10-4-2-3-7-15(10,9-17)18-14(20)11-5-6-13(19)12(16)8-11/h5-6,8,10,19H,2-4,7,9,17H2,1H3,(H,18,20). The topological polar surface area (TPSA) is 75.3 Å². The Morgan fingerprint density at radius 3 is 2.90 bits per heavy atom. The van der Waals surface area contributed by atoms with Crippen molar-refractivity contribution in [2.75, 3.05) is 6.54 Å². The van der Waals surface area contributed by atoms with E-state index in [0.29, 0.717) is 18.0 Å². The number of carbonyl (C=O) groups excluding carboxylic acids is 1. The van der Waals surface area contributed by atoms with Gasteiger partial charge in [-0.1, -0.05) is 31.4 Å². The van der Waals surface area contributed by atoms with Crippen molar-refractivity contribution in [3.8, 4) is 5.75 Å². The zero-order valence-corrected chi connectivity index (χ0v) is 12.4. The highest BCUT2D eigenvalue weighted by atomic mass is 35.5. The van der Waals surface area contributed by atoms with E-state index in [4.69, 9.17) is 17.3 Å². The molecule has 0 aromatic heterocycles. The predicted molar refractivity (Wildman–Crippen MR) is 80.0 cm³/mol. The van der Waals surface area contributed by atoms with E-state index >= 15 is 0 Å². The number of benzene rings is 1. The number of carbonyl (C=O) groups is 1. The van der Waals surface area contributed by atoms with Gasteiger partial charge in [0.15, 0.2) is 0 Å². The second-order valence-electron chi connectivity index (χ2n) is 5.63. The number of phenols is 1. The van der Waals surface area contributed by atoms with Gasteiger partial charge in [0.1, 0.15) is 5.75 Å². The molecule has 110 valence electrons. The first-order valence-corrected chi connectivity index (χ1v) is 7.37. The van der Waals surface area contributed by atoms with Crippen LogP contribution in [0, 0.1) is 5.92 Å². The fraction of sp³-hybridized carbons (Fsp3) is 0.533. The van der Waals surface area contributed by atoms with Crippen LogP contribution in [0.1, 0.15) is 43.0 Å². The minimum absolute atomic E-state index is 0.0252. The van der Waals surface area contributed by atoms with Crippen molar-refractivity contribution in [3.63, 3.8) is 0 Å². The maximum atomic E-state index is 12.4. The molecule has 4 nitrogen and oxygen atoms in total. The van der Waals surface area contributed by atoms with E-state index in [1.54, 1.807) is 6.07 Å². The van der Waals surface area contributed by atoms with Gasteiger partial charge >= 0.3 is 0 Å². The summed E-state index contributed by atoms with van der Waals surface area (Å²) in [6, 6.07) is 4.47. The first-order chi connectivity index (χ1) is 9.48. The molecule has 1 saturated carbocycles. The van der Waals surface area contributed by atoms with E-state index in [-0.39, 0.29) is 22.2 Å². The van der Waals surface area contributed by atoms with Gasteiger partial charge in [0.25, 0.3) is 5.91 Å². The first kappa shape index (κ1) is 15.1. The number of hydrogen-bond donors (Lipinski definition) is 3. The van der Waals surface area contributed by atoms with Gasteiger partial charge in [0, 0.05) is 12.1 Å². The number of rotatable bonds is 3. The van der Waals surface area contributed by atoms with Gasteiger partial charge in [0.05, 0.1) is 10.6 Å². The Hall–Kier alpha value is -1.26. The molecule has 1 aliphatic rings. The van der Waals surface area contributed by atoms with Crippen molar-refractivity contribution >= 4 is 17.5 Å². The number of phenolic OH excluding ortho intramolecular Hbond substituents is 1. The van der Waals surface area contributed by atoms with Crippen molar-refractivity contribution in [1.29, 1.82) is 0 Å². The SMILES string of the molecule is CC1CCCCC1(CN)NC(=O)c1ccc(O)c(Cl)c1. The summed E-state index contributed by atoms with van der Waals surface area (Å²) in [4.78, 5) is 12.4. The van der Waals surface area contributed by atoms with Gasteiger partial charge in [-0.15, -0.1) is 0 Å². The Labute approximate surface area is 124 Å². The quantitative estimate of drug-likeness (QED) is 0.803. The summed E-state index contributed by atoms with van der Waals surface area (Å²) in [5, 5.41) is 12.7. The van der Waals surface area contributed by atoms with Crippen LogP contribution in [0.4, 0.5) is 0 Å². The van der Waals surface area contributed by atoms with E-state index in [0.717, 1.165) is 19.3 Å². The maximum absolute atomic E-state index is 12.4. The number of halogens is 1. The van der Waals surface area contributed by atoms with E-state index in [2.05, 4.69) is 12.2 Å². The largest absolute Gasteiger partial charge is 0.506 e. The Bertz CT molecular complexity index is 507. The molecule has 2 rings (SSSR count). The number of aromatic hydroxyl groups is 1. The van der Waals surface area contributed by atoms with Crippen molar-refractivity contribution in [2.45, 2.75) is 38.1 Å². The lowest BCUT2D eigenvalue weighted by Gasteiger charge is -2.42. The highest BCUT2D eigenvalue weighted by Gasteiger charge is 2.38. The van der Waals surface area contributed by atoms with Crippen LogP contribution in [0.5, 0.6) is 5.75 Å². The van der Waals surface area contributed by atoms with Crippen LogP contribution in [0.25, 0.3) is 0 Å². The smallest absolute Gasteiger partial charge is 0.251 e. The minimum atomic E-state index is -0.334. The lowest BCUT2D eigenvalue weighted by molar-refractivity contribution is 0.0813. The second-order valence-corrected chi connectivity index (χ2v) is 6.03. The zero-order valence-electron chi connectivity index (χ0n) is 11.7. The van der Waals surface area contributed by atoms with Crippen LogP contribution in [0.2, 0.25) is 5.02 Å². The lowest BCUT2D eigenvalue weighted by atomic mass is 9.73. The Morgan fingerprint density at radius 1 is 1.55 bits per heavy atom. The Morgan fingerprint density at radius 2 is 2.30 bits per heavy atom. The summed E-state index contributed by atoms with van der Waals surface area (Å²) in [5.41, 5.74) is 6.04. The first-order valence-electron chi connectivity index (χ1n) is 6.99. The van der Waals surface area contributed by atoms with Crippen molar-refractivity contribution in [1.82, 2.24) is 5.32 Å². The average molecular weight is 297 g/mol. The number of amides is 1. The molecule has 0 saturated heterocycles. The normalized spacial score (nSPS) is 26.2. The molecule has 0 heterocycles. The average Bonchev–Trinajstić information content (AvgIpc) is 2.44. The third-order valence-electron chi connectivity index (χ3n) is 4.39. The van der Waals surface area contributed by atoms with Crippen molar-refractivity contribution in [3.05, 3.63) is 28.8 Å². The minimum Gasteiger partial charge on any atom is -0.506 e. The zero-order chi connectivity index (χ0) is 14.8. The fourth-order valence-corrected chi connectivity index (χ4v) is 3.08. The van der Waals surface area contributed by atoms with Gasteiger partial charge < -0.3 is 16.2 Å². The molecule has 0 bridgehead atoms. The molecule has 4 N–H and O–H groups in total. The van der Waals surface area contributed by atoms with Gasteiger partial charge in [-0.3, -0.25) is 4.79 Å². The van der Waals surface area contributed by atoms with Crippen LogP contribution in [0.15, 0.2) is 18.2 Å². The summed E-state index contributed by atoms with van der Waals surface area (Å²) >= 11 is 5.84. The van der Waals surface area contributed by atoms with Gasteiger partial charge in [-0.2, -0.15) is 0 Å². The Kier molecular flexibility index (Phi) is 4.55. The van der Waals surface area contributed by atoms with Crippen LogP contribution in [-0.4, -0.2) is 23.1 Å². The molecular formula is C15H21ClN2O2. The van der Waals surface area contributed by atoms with Crippen LogP contribution >= 0.6 is 11.6 Å². The van der Waals surface area contributed by atoms with Gasteiger partial charge in [-0.05, 0) is 37.0 Å². The molecule has 1 amide bonds. The van der Waals surface area contributed by atoms with Crippen molar-refractivity contribution < 1.29 is 9.90 Å². The molecule has 2 atom stereocenters. The van der Waals surface area contributed by atoms with E-state index < -0.39 is 0 Å². The molecule has 1 aliphatic carbocycles. The third-order valence-corrected chi connectivity index (χ3v) is 4.69. The van der Waals surface area contributed by atoms with Crippen LogP contribution < -0.4 is 11.1 Å². The number of nitrogens with one attached hydrogen (secondary N) is 1. The second kappa shape index (κ2) is 6.02. The summed E-state index contributed by atoms with van der Waals surface area (Å²) < 4.78 is 0. The van der Waals surface area contributed by atoms with Crippen LogP contribution in [-0.2, 0) is 0 Å². The molecule has 5 heteroatoms. The number of hydrogen-bond acceptors (Lipinski definition) is 3. The molecule has 1 aromatic rings. The fourth-order valence-electron chi connectivity index (χ4n) is 2.90. The lowest BCUT2D eigenvalue weighted by Crippen LogP contribution is -2.59. The van der Waals surface area contributed by atoms with Crippen LogP contribution in [0.3, 0.4) is 0 Å². The maximum Gasteiger partial charge on any atom is 0.251 e. The molecule has 0 radical (unpaired) electrons. The molecule has 0 spiro atoms. The van der Waals surface area contributed by atoms with E-state index in [1.807, 2.05) is 0 Å². The molecule has 20 heavy (non-hydrogen) atoms. The highest BCUT2D eigenvalue weighted by molar-refractivity contribution is 6.32. The monoisotopic (exact) mass is 296 g/mol. The third kappa shape index (κ3) is 2.91. The molecule has 0 aliphatic heterocycles. The predicted octanol–water partition coefficient (Wildman–Crippen LogP) is 2.68. The van der Waals surface area contributed by atoms with Gasteiger partial charge in [-0.25, -0.2) is 0 Å². The van der Waals surface area contributed by atoms with E-state index in [1.165, 1.54) is 18.6 Å². The highest BCUT2D eigenvalue weighted by Crippen LogP contribution is 2.33. The van der Waals surface area contributed by atoms with Gasteiger partial charge in [0.2, 0.25) is 0 Å². The van der Waals surface area contributed by atoms with Crippen molar-refractivity contribution in [2.24, 2.45) is 11.7 Å². The molecule has 1 fully saturated rings. The summed E-state index contributed by atoms with van der Waals surface area (Å²) in [6.45, 7) is 2.57. The number of nitrogens with two attached hydrogens (primary N) is 1. The summed E-state index contributed by atoms with van der Waals surface area (Å²) in [6.07, 6.45) is 4.25. The van der Waals surface area contributed by atoms with E-state index in [9.17, 15) is 9.90 Å². The summed E-state index contributed by atoms with van der Waals surface area (Å²) in [5.74, 6) is 0.145.